The number of hydrogen-bond donors (Lipinski definition) is 1. The normalized spacial score (nSPS) is 9.36. The van der Waals surface area contributed by atoms with E-state index >= 15 is 0 Å². The zero-order chi connectivity index (χ0) is 10.4. The lowest BCUT2D eigenvalue weighted by Crippen LogP contribution is -2.01. The largest absolute Gasteiger partial charge is 0.384 e. The van der Waals surface area contributed by atoms with E-state index in [1.807, 2.05) is 12.1 Å². The third-order valence-electron chi connectivity index (χ3n) is 1.50. The van der Waals surface area contributed by atoms with Gasteiger partial charge in [-0.15, -0.1) is 0 Å². The van der Waals surface area contributed by atoms with Gasteiger partial charge in [0.1, 0.15) is 4.32 Å². The van der Waals surface area contributed by atoms with Gasteiger partial charge in [0.15, 0.2) is 0 Å². The van der Waals surface area contributed by atoms with Gasteiger partial charge >= 0.3 is 0 Å². The Hall–Kier alpha value is -1.12. The Labute approximate surface area is 92.3 Å². The van der Waals surface area contributed by atoms with Crippen molar-refractivity contribution in [2.45, 2.75) is 17.7 Å². The highest BCUT2D eigenvalue weighted by Crippen LogP contribution is 2.18. The predicted molar refractivity (Wildman–Crippen MR) is 60.8 cm³/mol. The van der Waals surface area contributed by atoms with Crippen molar-refractivity contribution >= 4 is 28.3 Å². The maximum atomic E-state index is 8.42. The third-order valence-corrected chi connectivity index (χ3v) is 2.44. The molecule has 0 amide bonds. The van der Waals surface area contributed by atoms with Crippen LogP contribution in [-0.2, 0) is 6.42 Å². The maximum absolute atomic E-state index is 8.42. The topological polar surface area (TPSA) is 62.7 Å². The fourth-order valence-corrected chi connectivity index (χ4v) is 1.80. The molecule has 1 aromatic rings. The molecule has 0 radical (unpaired) electrons. The van der Waals surface area contributed by atoms with Crippen molar-refractivity contribution in [3.63, 3.8) is 0 Å². The van der Waals surface area contributed by atoms with Crippen LogP contribution in [-0.4, -0.2) is 9.30 Å². The summed E-state index contributed by atoms with van der Waals surface area (Å²) in [4.78, 5) is 5.11. The van der Waals surface area contributed by atoms with Gasteiger partial charge in [-0.05, 0) is 12.1 Å². The summed E-state index contributed by atoms with van der Waals surface area (Å²) in [6.45, 7) is 0. The summed E-state index contributed by atoms with van der Waals surface area (Å²) in [5.41, 5.74) is 6.29. The number of nitrogens with zero attached hydrogens (tertiary/aromatic N) is 2. The highest BCUT2D eigenvalue weighted by Gasteiger charge is 1.99. The van der Waals surface area contributed by atoms with Gasteiger partial charge < -0.3 is 5.73 Å². The van der Waals surface area contributed by atoms with E-state index in [1.54, 1.807) is 6.20 Å². The molecule has 5 heteroatoms. The van der Waals surface area contributed by atoms with E-state index in [4.69, 9.17) is 23.2 Å². The molecule has 0 bridgehead atoms. The van der Waals surface area contributed by atoms with Crippen molar-refractivity contribution in [3.8, 4) is 6.07 Å². The van der Waals surface area contributed by atoms with Crippen LogP contribution >= 0.6 is 24.0 Å². The summed E-state index contributed by atoms with van der Waals surface area (Å²) < 4.78 is 0.391. The van der Waals surface area contributed by atoms with Crippen molar-refractivity contribution in [3.05, 3.63) is 24.0 Å². The summed E-state index contributed by atoms with van der Waals surface area (Å²) in [6, 6.07) is 5.83. The Morgan fingerprint density at radius 3 is 3.14 bits per heavy atom. The molecule has 1 aromatic heterocycles. The van der Waals surface area contributed by atoms with Crippen LogP contribution < -0.4 is 5.73 Å². The molecule has 3 nitrogen and oxygen atoms in total. The molecule has 0 spiro atoms. The summed E-state index contributed by atoms with van der Waals surface area (Å²) in [5.74, 6) is 0. The average molecular weight is 223 g/mol. The quantitative estimate of drug-likeness (QED) is 0.626. The molecular weight excluding hydrogens is 214 g/mol. The second-order valence-electron chi connectivity index (χ2n) is 2.56. The molecule has 0 atom stereocenters. The van der Waals surface area contributed by atoms with Crippen LogP contribution in [0.4, 0.5) is 0 Å². The molecule has 0 saturated carbocycles. The first-order chi connectivity index (χ1) is 6.72. The lowest BCUT2D eigenvalue weighted by molar-refractivity contribution is 0.942. The number of rotatable bonds is 3. The number of aryl methyl sites for hydroxylation is 1. The van der Waals surface area contributed by atoms with Crippen LogP contribution in [0.15, 0.2) is 23.2 Å². The van der Waals surface area contributed by atoms with Crippen LogP contribution in [0.3, 0.4) is 0 Å². The SMILES string of the molecule is N#CCCc1cc(SC(N)=S)ccn1. The molecule has 14 heavy (non-hydrogen) atoms. The van der Waals surface area contributed by atoms with Gasteiger partial charge in [0, 0.05) is 29.6 Å². The van der Waals surface area contributed by atoms with Crippen molar-refractivity contribution in [1.29, 1.82) is 5.26 Å². The standard InChI is InChI=1S/C9H9N3S2/c10-4-1-2-7-6-8(3-5-12-7)14-9(11)13/h3,5-6H,1-2H2,(H2,11,13). The van der Waals surface area contributed by atoms with E-state index in [9.17, 15) is 0 Å². The summed E-state index contributed by atoms with van der Waals surface area (Å²) >= 11 is 6.11. The average Bonchev–Trinajstić information content (AvgIpc) is 2.14. The minimum absolute atomic E-state index is 0.391. The highest BCUT2D eigenvalue weighted by molar-refractivity contribution is 8.22. The minimum Gasteiger partial charge on any atom is -0.384 e. The first-order valence-corrected chi connectivity index (χ1v) is 5.24. The third kappa shape index (κ3) is 3.73. The molecule has 0 aliphatic carbocycles. The van der Waals surface area contributed by atoms with Crippen LogP contribution in [0.5, 0.6) is 0 Å². The number of aromatic nitrogens is 1. The Bertz CT molecular complexity index is 371. The Balaban J connectivity index is 2.69. The van der Waals surface area contributed by atoms with Gasteiger partial charge in [-0.25, -0.2) is 0 Å². The fraction of sp³-hybridized carbons (Fsp3) is 0.222. The van der Waals surface area contributed by atoms with Crippen molar-refractivity contribution in [2.24, 2.45) is 5.73 Å². The Kier molecular flexibility index (Phi) is 4.36. The fourth-order valence-electron chi connectivity index (χ4n) is 0.956. The Morgan fingerprint density at radius 1 is 1.71 bits per heavy atom. The molecule has 0 saturated heterocycles. The molecule has 0 aliphatic rings. The number of pyridine rings is 1. The van der Waals surface area contributed by atoms with E-state index < -0.39 is 0 Å². The lowest BCUT2D eigenvalue weighted by atomic mass is 10.2. The van der Waals surface area contributed by atoms with Gasteiger partial charge in [0.25, 0.3) is 0 Å². The minimum atomic E-state index is 0.391. The van der Waals surface area contributed by atoms with Crippen LogP contribution in [0.2, 0.25) is 0 Å². The Morgan fingerprint density at radius 2 is 2.50 bits per heavy atom. The van der Waals surface area contributed by atoms with Crippen LogP contribution in [0, 0.1) is 11.3 Å². The number of thiocarbonyl (C=S) groups is 1. The smallest absolute Gasteiger partial charge is 0.135 e. The maximum Gasteiger partial charge on any atom is 0.135 e. The van der Waals surface area contributed by atoms with E-state index in [1.165, 1.54) is 11.8 Å². The second-order valence-corrected chi connectivity index (χ2v) is 4.38. The summed E-state index contributed by atoms with van der Waals surface area (Å²) in [5, 5.41) is 8.42. The zero-order valence-corrected chi connectivity index (χ0v) is 9.07. The van der Waals surface area contributed by atoms with Gasteiger partial charge in [-0.3, -0.25) is 4.98 Å². The summed E-state index contributed by atoms with van der Waals surface area (Å²) in [6.07, 6.45) is 2.85. The van der Waals surface area contributed by atoms with E-state index in [-0.39, 0.29) is 0 Å². The second kappa shape index (κ2) is 5.58. The summed E-state index contributed by atoms with van der Waals surface area (Å²) in [7, 11) is 0. The predicted octanol–water partition coefficient (Wildman–Crippen LogP) is 1.87. The molecule has 72 valence electrons. The molecular formula is C9H9N3S2. The number of thioether (sulfide) groups is 1. The molecule has 1 heterocycles. The van der Waals surface area contributed by atoms with Gasteiger partial charge in [0.2, 0.25) is 0 Å². The molecule has 0 aromatic carbocycles. The van der Waals surface area contributed by atoms with Crippen LogP contribution in [0.1, 0.15) is 12.1 Å². The number of nitrogens with two attached hydrogens (primary N) is 1. The van der Waals surface area contributed by atoms with Crippen molar-refractivity contribution in [2.75, 3.05) is 0 Å². The van der Waals surface area contributed by atoms with E-state index in [2.05, 4.69) is 11.1 Å². The van der Waals surface area contributed by atoms with Crippen molar-refractivity contribution < 1.29 is 0 Å². The number of hydrogen-bond acceptors (Lipinski definition) is 4. The monoisotopic (exact) mass is 223 g/mol. The van der Waals surface area contributed by atoms with Gasteiger partial charge in [0.05, 0.1) is 6.07 Å². The molecule has 0 unspecified atom stereocenters. The van der Waals surface area contributed by atoms with Crippen LogP contribution in [0.25, 0.3) is 0 Å². The van der Waals surface area contributed by atoms with Crippen molar-refractivity contribution in [1.82, 2.24) is 4.98 Å². The van der Waals surface area contributed by atoms with E-state index in [0.717, 1.165) is 10.6 Å². The van der Waals surface area contributed by atoms with Gasteiger partial charge in [-0.2, -0.15) is 5.26 Å². The molecule has 1 rings (SSSR count). The highest BCUT2D eigenvalue weighted by atomic mass is 32.2. The van der Waals surface area contributed by atoms with E-state index in [0.29, 0.717) is 17.2 Å². The number of nitriles is 1. The molecule has 2 N–H and O–H groups in total. The first kappa shape index (κ1) is 11.0. The molecule has 0 aliphatic heterocycles. The first-order valence-electron chi connectivity index (χ1n) is 4.01. The molecule has 0 fully saturated rings. The zero-order valence-electron chi connectivity index (χ0n) is 7.43. The lowest BCUT2D eigenvalue weighted by Gasteiger charge is -2.00. The van der Waals surface area contributed by atoms with Gasteiger partial charge in [-0.1, -0.05) is 24.0 Å².